The van der Waals surface area contributed by atoms with Gasteiger partial charge in [-0.2, -0.15) is 0 Å². The Morgan fingerprint density at radius 2 is 2.19 bits per heavy atom. The van der Waals surface area contributed by atoms with Crippen LogP contribution in [0, 0.1) is 10.1 Å². The van der Waals surface area contributed by atoms with Gasteiger partial charge in [0.1, 0.15) is 18.1 Å². The number of nitro groups is 1. The monoisotopic (exact) mass is 359 g/mol. The van der Waals surface area contributed by atoms with Gasteiger partial charge in [-0.25, -0.2) is 0 Å². The summed E-state index contributed by atoms with van der Waals surface area (Å²) in [6, 6.07) is 7.11. The number of fused-ring (bicyclic) bond motifs is 1. The predicted octanol–water partition coefficient (Wildman–Crippen LogP) is 2.13. The zero-order chi connectivity index (χ0) is 18.8. The predicted molar refractivity (Wildman–Crippen MR) is 90.8 cm³/mol. The van der Waals surface area contributed by atoms with Gasteiger partial charge in [0.15, 0.2) is 6.61 Å². The van der Waals surface area contributed by atoms with E-state index in [4.69, 9.17) is 9.15 Å². The first-order valence-electron chi connectivity index (χ1n) is 7.89. The molecule has 0 saturated heterocycles. The number of rotatable bonds is 5. The van der Waals surface area contributed by atoms with Crippen molar-refractivity contribution in [2.75, 3.05) is 25.1 Å². The number of non-ortho nitro benzene ring substituents is 1. The van der Waals surface area contributed by atoms with Crippen LogP contribution in [0.2, 0.25) is 0 Å². The first-order valence-corrected chi connectivity index (χ1v) is 7.89. The number of hydrogen-bond donors (Lipinski definition) is 0. The number of nitrogens with zero attached hydrogens (tertiary/aromatic N) is 3. The Balaban J connectivity index is 1.83. The van der Waals surface area contributed by atoms with E-state index in [-0.39, 0.29) is 36.5 Å². The van der Waals surface area contributed by atoms with E-state index in [1.807, 2.05) is 0 Å². The van der Waals surface area contributed by atoms with Gasteiger partial charge in [0, 0.05) is 19.2 Å². The van der Waals surface area contributed by atoms with E-state index in [2.05, 4.69) is 0 Å². The molecule has 2 amide bonds. The first kappa shape index (κ1) is 17.5. The second-order valence-electron chi connectivity index (χ2n) is 5.87. The SMILES string of the molecule is CC(c1ccco1)N(C)C(=O)CN1C(=O)COc2ccc([N+](=O)[O-])cc21. The summed E-state index contributed by atoms with van der Waals surface area (Å²) < 4.78 is 10.6. The standard InChI is InChI=1S/C17H17N3O6/c1-11(14-4-3-7-25-14)18(2)16(21)9-19-13-8-12(20(23)24)5-6-15(13)26-10-17(19)22/h3-8,11H,9-10H2,1-2H3. The lowest BCUT2D eigenvalue weighted by atomic mass is 10.2. The smallest absolute Gasteiger partial charge is 0.271 e. The van der Waals surface area contributed by atoms with E-state index >= 15 is 0 Å². The molecule has 1 aliphatic heterocycles. The van der Waals surface area contributed by atoms with Gasteiger partial charge in [-0.1, -0.05) is 0 Å². The van der Waals surface area contributed by atoms with Crippen LogP contribution >= 0.6 is 0 Å². The largest absolute Gasteiger partial charge is 0.482 e. The molecule has 1 unspecified atom stereocenters. The fourth-order valence-electron chi connectivity index (χ4n) is 2.66. The van der Waals surface area contributed by atoms with Gasteiger partial charge in [0.05, 0.1) is 22.9 Å². The van der Waals surface area contributed by atoms with Crippen LogP contribution in [0.5, 0.6) is 5.75 Å². The average molecular weight is 359 g/mol. The number of anilines is 1. The Bertz CT molecular complexity index is 848. The maximum atomic E-state index is 12.6. The molecule has 1 aromatic carbocycles. The summed E-state index contributed by atoms with van der Waals surface area (Å²) in [5, 5.41) is 11.0. The number of furan rings is 1. The van der Waals surface area contributed by atoms with Crippen LogP contribution in [0.1, 0.15) is 18.7 Å². The van der Waals surface area contributed by atoms with Crippen molar-refractivity contribution in [2.24, 2.45) is 0 Å². The van der Waals surface area contributed by atoms with E-state index in [0.29, 0.717) is 11.5 Å². The third kappa shape index (κ3) is 3.23. The fraction of sp³-hybridized carbons (Fsp3) is 0.294. The quantitative estimate of drug-likeness (QED) is 0.598. The normalized spacial score (nSPS) is 14.4. The maximum absolute atomic E-state index is 12.6. The second kappa shape index (κ2) is 6.87. The van der Waals surface area contributed by atoms with Crippen molar-refractivity contribution in [2.45, 2.75) is 13.0 Å². The third-order valence-electron chi connectivity index (χ3n) is 4.32. The van der Waals surface area contributed by atoms with Crippen LogP contribution in [0.4, 0.5) is 11.4 Å². The summed E-state index contributed by atoms with van der Waals surface area (Å²) >= 11 is 0. The summed E-state index contributed by atoms with van der Waals surface area (Å²) in [5.41, 5.74) is 0.0275. The molecular weight excluding hydrogens is 342 g/mol. The number of carbonyl (C=O) groups excluding carboxylic acids is 2. The molecule has 1 aromatic heterocycles. The number of benzene rings is 1. The number of ether oxygens (including phenoxy) is 1. The van der Waals surface area contributed by atoms with Crippen LogP contribution in [0.3, 0.4) is 0 Å². The molecule has 0 bridgehead atoms. The number of hydrogen-bond acceptors (Lipinski definition) is 6. The van der Waals surface area contributed by atoms with Gasteiger partial charge in [-0.05, 0) is 25.1 Å². The lowest BCUT2D eigenvalue weighted by molar-refractivity contribution is -0.384. The summed E-state index contributed by atoms with van der Waals surface area (Å²) in [5.74, 6) is 0.168. The van der Waals surface area contributed by atoms with E-state index < -0.39 is 10.8 Å². The van der Waals surface area contributed by atoms with Crippen molar-refractivity contribution >= 4 is 23.2 Å². The molecule has 0 aliphatic carbocycles. The summed E-state index contributed by atoms with van der Waals surface area (Å²) in [7, 11) is 1.61. The van der Waals surface area contributed by atoms with Crippen molar-refractivity contribution in [3.63, 3.8) is 0 Å². The minimum absolute atomic E-state index is 0.184. The molecule has 0 saturated carbocycles. The van der Waals surface area contributed by atoms with E-state index in [1.165, 1.54) is 34.3 Å². The number of nitro benzene ring substituents is 1. The lowest BCUT2D eigenvalue weighted by Gasteiger charge is -2.31. The van der Waals surface area contributed by atoms with Crippen molar-refractivity contribution in [3.8, 4) is 5.75 Å². The number of amides is 2. The molecule has 9 nitrogen and oxygen atoms in total. The van der Waals surface area contributed by atoms with Crippen LogP contribution < -0.4 is 9.64 Å². The molecule has 136 valence electrons. The Kier molecular flexibility index (Phi) is 4.61. The van der Waals surface area contributed by atoms with Crippen LogP contribution in [0.25, 0.3) is 0 Å². The summed E-state index contributed by atoms with van der Waals surface area (Å²) in [4.78, 5) is 38.0. The zero-order valence-corrected chi connectivity index (χ0v) is 14.2. The van der Waals surface area contributed by atoms with Crippen molar-refractivity contribution < 1.29 is 23.7 Å². The number of carbonyl (C=O) groups is 2. The van der Waals surface area contributed by atoms with E-state index in [0.717, 1.165) is 0 Å². The Labute approximate surface area is 148 Å². The zero-order valence-electron chi connectivity index (χ0n) is 14.2. The van der Waals surface area contributed by atoms with Gasteiger partial charge in [0.25, 0.3) is 11.6 Å². The molecule has 26 heavy (non-hydrogen) atoms. The third-order valence-corrected chi connectivity index (χ3v) is 4.32. The minimum atomic E-state index is -0.565. The number of likely N-dealkylation sites (N-methyl/N-ethyl adjacent to an activating group) is 1. The molecule has 0 radical (unpaired) electrons. The van der Waals surface area contributed by atoms with E-state index in [1.54, 1.807) is 26.1 Å². The highest BCUT2D eigenvalue weighted by Crippen LogP contribution is 2.35. The highest BCUT2D eigenvalue weighted by molar-refractivity contribution is 6.02. The van der Waals surface area contributed by atoms with Crippen molar-refractivity contribution in [1.82, 2.24) is 4.90 Å². The molecule has 1 atom stereocenters. The minimum Gasteiger partial charge on any atom is -0.482 e. The van der Waals surface area contributed by atoms with Crippen LogP contribution in [-0.2, 0) is 9.59 Å². The van der Waals surface area contributed by atoms with Crippen molar-refractivity contribution in [1.29, 1.82) is 0 Å². The summed E-state index contributed by atoms with van der Waals surface area (Å²) in [6.45, 7) is 1.32. The Morgan fingerprint density at radius 1 is 1.42 bits per heavy atom. The van der Waals surface area contributed by atoms with Gasteiger partial charge >= 0.3 is 0 Å². The molecule has 2 aromatic rings. The molecule has 0 fully saturated rings. The van der Waals surface area contributed by atoms with Gasteiger partial charge in [-0.15, -0.1) is 0 Å². The molecule has 3 rings (SSSR count). The molecule has 0 N–H and O–H groups in total. The van der Waals surface area contributed by atoms with Gasteiger partial charge in [-0.3, -0.25) is 24.6 Å². The topological polar surface area (TPSA) is 106 Å². The fourth-order valence-corrected chi connectivity index (χ4v) is 2.66. The highest BCUT2D eigenvalue weighted by Gasteiger charge is 2.31. The highest BCUT2D eigenvalue weighted by atomic mass is 16.6. The molecule has 1 aliphatic rings. The lowest BCUT2D eigenvalue weighted by Crippen LogP contribution is -2.46. The summed E-state index contributed by atoms with van der Waals surface area (Å²) in [6.07, 6.45) is 1.52. The molecular formula is C17H17N3O6. The Hall–Kier alpha value is -3.36. The van der Waals surface area contributed by atoms with Crippen molar-refractivity contribution in [3.05, 3.63) is 52.5 Å². The average Bonchev–Trinajstić information content (AvgIpc) is 3.16. The van der Waals surface area contributed by atoms with Crippen LogP contribution in [-0.4, -0.2) is 41.8 Å². The molecule has 2 heterocycles. The van der Waals surface area contributed by atoms with Gasteiger partial charge < -0.3 is 14.1 Å². The van der Waals surface area contributed by atoms with E-state index in [9.17, 15) is 19.7 Å². The molecule has 0 spiro atoms. The maximum Gasteiger partial charge on any atom is 0.271 e. The second-order valence-corrected chi connectivity index (χ2v) is 5.87. The van der Waals surface area contributed by atoms with Crippen LogP contribution in [0.15, 0.2) is 41.0 Å². The molecule has 9 heteroatoms. The first-order chi connectivity index (χ1) is 12.4. The van der Waals surface area contributed by atoms with Gasteiger partial charge in [0.2, 0.25) is 5.91 Å². The Morgan fingerprint density at radius 3 is 2.85 bits per heavy atom.